The molecule has 0 N–H and O–H groups in total. The lowest BCUT2D eigenvalue weighted by Gasteiger charge is -2.45. The van der Waals surface area contributed by atoms with Crippen LogP contribution in [0.3, 0.4) is 0 Å². The fourth-order valence-corrected chi connectivity index (χ4v) is 9.04. The minimum Gasteiger partial charge on any atom is -0.466 e. The molecule has 1 fully saturated rings. The van der Waals surface area contributed by atoms with Gasteiger partial charge in [-0.2, -0.15) is 0 Å². The summed E-state index contributed by atoms with van der Waals surface area (Å²) in [6.07, 6.45) is -1.02. The number of esters is 1. The van der Waals surface area contributed by atoms with Crippen molar-refractivity contribution in [3.05, 3.63) is 72.8 Å². The van der Waals surface area contributed by atoms with Crippen molar-refractivity contribution in [2.24, 2.45) is 0 Å². The quantitative estimate of drug-likeness (QED) is 0.375. The van der Waals surface area contributed by atoms with Gasteiger partial charge in [0, 0.05) is 13.5 Å². The van der Waals surface area contributed by atoms with Crippen LogP contribution in [0.15, 0.2) is 72.8 Å². The summed E-state index contributed by atoms with van der Waals surface area (Å²) in [5.74, 6) is -0.502. The molecule has 0 unspecified atom stereocenters. The van der Waals surface area contributed by atoms with Gasteiger partial charge in [-0.25, -0.2) is 4.79 Å². The van der Waals surface area contributed by atoms with Gasteiger partial charge in [-0.15, -0.1) is 0 Å². The van der Waals surface area contributed by atoms with E-state index in [1.54, 1.807) is 7.11 Å². The van der Waals surface area contributed by atoms with Crippen LogP contribution in [0.2, 0.25) is 5.04 Å². The maximum atomic E-state index is 12.3. The van der Waals surface area contributed by atoms with Crippen molar-refractivity contribution in [1.82, 2.24) is 0 Å². The van der Waals surface area contributed by atoms with E-state index in [2.05, 4.69) is 51.6 Å². The first kappa shape index (κ1) is 23.4. The second kappa shape index (κ2) is 9.49. The maximum absolute atomic E-state index is 12.3. The van der Waals surface area contributed by atoms with Crippen molar-refractivity contribution in [2.45, 2.75) is 50.7 Å². The van der Waals surface area contributed by atoms with E-state index in [9.17, 15) is 4.79 Å². The zero-order valence-corrected chi connectivity index (χ0v) is 20.0. The molecular weight excluding hydrogens is 408 g/mol. The second-order valence-electron chi connectivity index (χ2n) is 8.79. The molecule has 0 saturated carbocycles. The maximum Gasteiger partial charge on any atom is 0.335 e. The molecule has 2 aromatic rings. The largest absolute Gasteiger partial charge is 0.466 e. The van der Waals surface area contributed by atoms with Crippen LogP contribution >= 0.6 is 0 Å². The molecule has 6 heteroatoms. The third-order valence-corrected chi connectivity index (χ3v) is 10.9. The summed E-state index contributed by atoms with van der Waals surface area (Å²) >= 11 is 0. The fraction of sp³-hybridized carbons (Fsp3) is 0.400. The number of benzene rings is 2. The molecule has 0 radical (unpaired) electrons. The van der Waals surface area contributed by atoms with Crippen LogP contribution in [-0.2, 0) is 23.4 Å². The van der Waals surface area contributed by atoms with E-state index in [0.29, 0.717) is 6.42 Å². The minimum atomic E-state index is -2.82. The van der Waals surface area contributed by atoms with Gasteiger partial charge >= 0.3 is 5.97 Å². The molecule has 3 atom stereocenters. The minimum absolute atomic E-state index is 0.196. The van der Waals surface area contributed by atoms with E-state index in [0.717, 1.165) is 10.4 Å². The summed E-state index contributed by atoms with van der Waals surface area (Å²) in [7, 11) is 0.115. The van der Waals surface area contributed by atoms with Gasteiger partial charge < -0.3 is 18.6 Å². The molecule has 1 aliphatic heterocycles. The van der Waals surface area contributed by atoms with Crippen LogP contribution in [0.1, 0.15) is 27.2 Å². The summed E-state index contributed by atoms with van der Waals surface area (Å²) in [5, 5.41) is 2.13. The highest BCUT2D eigenvalue weighted by Crippen LogP contribution is 2.40. The Balaban J connectivity index is 2.14. The van der Waals surface area contributed by atoms with Crippen molar-refractivity contribution in [3.8, 4) is 0 Å². The molecule has 1 aliphatic rings. The van der Waals surface area contributed by atoms with E-state index in [4.69, 9.17) is 18.6 Å². The highest BCUT2D eigenvalue weighted by Gasteiger charge is 2.54. The first-order valence-corrected chi connectivity index (χ1v) is 12.4. The average Bonchev–Trinajstić information content (AvgIpc) is 3.19. The van der Waals surface area contributed by atoms with Crippen molar-refractivity contribution in [3.63, 3.8) is 0 Å². The summed E-state index contributed by atoms with van der Waals surface area (Å²) in [5.41, 5.74) is 0.241. The van der Waals surface area contributed by atoms with Gasteiger partial charge in [0.2, 0.25) is 0 Å². The number of carbonyl (C=O) groups is 1. The Labute approximate surface area is 186 Å². The summed E-state index contributed by atoms with van der Waals surface area (Å²) in [6.45, 7) is 10.6. The summed E-state index contributed by atoms with van der Waals surface area (Å²) in [4.78, 5) is 12.3. The Morgan fingerprint density at radius 3 is 1.94 bits per heavy atom. The second-order valence-corrected chi connectivity index (χ2v) is 13.0. The molecular formula is C25H32O5Si. The predicted octanol–water partition coefficient (Wildman–Crippen LogP) is 3.42. The molecule has 0 aliphatic carbocycles. The van der Waals surface area contributed by atoms with Gasteiger partial charge in [0.15, 0.2) is 6.29 Å². The zero-order valence-electron chi connectivity index (χ0n) is 19.0. The van der Waals surface area contributed by atoms with Crippen LogP contribution in [0.5, 0.6) is 0 Å². The van der Waals surface area contributed by atoms with E-state index in [1.807, 2.05) is 36.4 Å². The molecule has 1 saturated heterocycles. The van der Waals surface area contributed by atoms with Crippen LogP contribution < -0.4 is 10.4 Å². The third kappa shape index (κ3) is 4.53. The van der Waals surface area contributed by atoms with Crippen molar-refractivity contribution < 1.29 is 23.4 Å². The van der Waals surface area contributed by atoms with Gasteiger partial charge in [0.05, 0.1) is 18.8 Å². The number of hydrogen-bond acceptors (Lipinski definition) is 5. The highest BCUT2D eigenvalue weighted by atomic mass is 28.4. The van der Waals surface area contributed by atoms with Crippen LogP contribution in [0.25, 0.3) is 0 Å². The molecule has 31 heavy (non-hydrogen) atoms. The van der Waals surface area contributed by atoms with Crippen LogP contribution in [0.4, 0.5) is 0 Å². The predicted molar refractivity (Wildman–Crippen MR) is 124 cm³/mol. The Hall–Kier alpha value is -2.25. The SMILES string of the molecule is C=C(C(=O)OC)[C@H]1O[C@@H](OC)C[C@@H]1O[Si](c1ccccc1)(c1ccccc1)C(C)(C)C. The molecule has 1 heterocycles. The van der Waals surface area contributed by atoms with Gasteiger partial charge in [-0.05, 0) is 15.4 Å². The van der Waals surface area contributed by atoms with Crippen LogP contribution in [0, 0.1) is 0 Å². The van der Waals surface area contributed by atoms with Crippen molar-refractivity contribution in [2.75, 3.05) is 14.2 Å². The van der Waals surface area contributed by atoms with Crippen molar-refractivity contribution in [1.29, 1.82) is 0 Å². The molecule has 2 aromatic carbocycles. The normalized spacial score (nSPS) is 21.6. The van der Waals surface area contributed by atoms with Crippen LogP contribution in [-0.4, -0.2) is 47.0 Å². The number of rotatable bonds is 7. The lowest BCUT2D eigenvalue weighted by atomic mass is 10.1. The van der Waals surface area contributed by atoms with Gasteiger partial charge in [0.1, 0.15) is 6.10 Å². The van der Waals surface area contributed by atoms with E-state index >= 15 is 0 Å². The molecule has 0 bridgehead atoms. The lowest BCUT2D eigenvalue weighted by molar-refractivity contribution is -0.141. The summed E-state index contributed by atoms with van der Waals surface area (Å²) < 4.78 is 23.5. The Morgan fingerprint density at radius 1 is 1.00 bits per heavy atom. The average molecular weight is 441 g/mol. The first-order chi connectivity index (χ1) is 14.7. The van der Waals surface area contributed by atoms with Gasteiger partial charge in [-0.1, -0.05) is 88.0 Å². The lowest BCUT2D eigenvalue weighted by Crippen LogP contribution is -2.68. The Morgan fingerprint density at radius 2 is 1.52 bits per heavy atom. The molecule has 5 nitrogen and oxygen atoms in total. The third-order valence-electron chi connectivity index (χ3n) is 5.86. The van der Waals surface area contributed by atoms with E-state index in [1.165, 1.54) is 7.11 Å². The van der Waals surface area contributed by atoms with Gasteiger partial charge in [-0.3, -0.25) is 0 Å². The molecule has 0 aromatic heterocycles. The molecule has 3 rings (SSSR count). The highest BCUT2D eigenvalue weighted by molar-refractivity contribution is 6.99. The van der Waals surface area contributed by atoms with E-state index in [-0.39, 0.29) is 10.6 Å². The number of methoxy groups -OCH3 is 2. The van der Waals surface area contributed by atoms with Gasteiger partial charge in [0.25, 0.3) is 8.32 Å². The topological polar surface area (TPSA) is 54.0 Å². The summed E-state index contributed by atoms with van der Waals surface area (Å²) in [6, 6.07) is 20.8. The van der Waals surface area contributed by atoms with E-state index < -0.39 is 32.8 Å². The van der Waals surface area contributed by atoms with Crippen molar-refractivity contribution >= 4 is 24.7 Å². The smallest absolute Gasteiger partial charge is 0.335 e. The fourth-order valence-electron chi connectivity index (χ4n) is 4.35. The Kier molecular flexibility index (Phi) is 7.16. The molecule has 166 valence electrons. The zero-order chi connectivity index (χ0) is 22.6. The number of ether oxygens (including phenoxy) is 3. The number of carbonyl (C=O) groups excluding carboxylic acids is 1. The first-order valence-electron chi connectivity index (χ1n) is 10.5. The Bertz CT molecular complexity index is 852. The standard InChI is InChI=1S/C25H32O5Si/c1-18(24(26)28-6)23-21(17-22(27-5)29-23)30-31(25(2,3)4,19-13-9-7-10-14-19)20-15-11-8-12-16-20/h7-16,21-23H,1,17H2,2-6H3/t21-,22+,23+/m0/s1. The molecule has 0 spiro atoms. The molecule has 0 amide bonds. The monoisotopic (exact) mass is 440 g/mol. The number of hydrogen-bond donors (Lipinski definition) is 0.